The van der Waals surface area contributed by atoms with Crippen LogP contribution in [0.1, 0.15) is 5.56 Å². The number of hydrogen-bond donors (Lipinski definition) is 0. The Morgan fingerprint density at radius 3 is 2.52 bits per heavy atom. The maximum atomic E-state index is 5.65. The van der Waals surface area contributed by atoms with Crippen LogP contribution in [0, 0.1) is 0 Å². The van der Waals surface area contributed by atoms with E-state index < -0.39 is 0 Å². The monoisotopic (exact) mass is 278 g/mol. The van der Waals surface area contributed by atoms with Gasteiger partial charge in [-0.2, -0.15) is 0 Å². The molecule has 0 saturated heterocycles. The lowest BCUT2D eigenvalue weighted by Crippen LogP contribution is -1.96. The highest BCUT2D eigenvalue weighted by atomic mass is 16.5. The lowest BCUT2D eigenvalue weighted by Gasteiger charge is -2.04. The summed E-state index contributed by atoms with van der Waals surface area (Å²) in [5.41, 5.74) is 2.06. The maximum absolute atomic E-state index is 5.65. The first kappa shape index (κ1) is 13.1. The highest BCUT2D eigenvalue weighted by Gasteiger charge is 1.98. The average molecular weight is 278 g/mol. The number of benzene rings is 2. The van der Waals surface area contributed by atoms with Crippen LogP contribution in [0.4, 0.5) is 0 Å². The lowest BCUT2D eigenvalue weighted by atomic mass is 10.2. The van der Waals surface area contributed by atoms with Crippen LogP contribution >= 0.6 is 0 Å². The maximum Gasteiger partial charge on any atom is 0.143 e. The van der Waals surface area contributed by atoms with Crippen molar-refractivity contribution < 1.29 is 4.74 Å². The van der Waals surface area contributed by atoms with E-state index in [1.165, 1.54) is 0 Å². The van der Waals surface area contributed by atoms with Crippen molar-refractivity contribution in [3.05, 3.63) is 72.6 Å². The largest absolute Gasteiger partial charge is 0.490 e. The molecule has 0 radical (unpaired) electrons. The van der Waals surface area contributed by atoms with E-state index in [0.717, 1.165) is 17.0 Å². The summed E-state index contributed by atoms with van der Waals surface area (Å²) in [5.74, 6) is 0.810. The van der Waals surface area contributed by atoms with Gasteiger partial charge in [-0.3, -0.25) is 0 Å². The van der Waals surface area contributed by atoms with E-state index >= 15 is 0 Å². The summed E-state index contributed by atoms with van der Waals surface area (Å²) in [4.78, 5) is 0. The van der Waals surface area contributed by atoms with Gasteiger partial charge in [-0.15, -0.1) is 5.10 Å². The molecular formula is C16H14N4O. The molecule has 3 aromatic rings. The number of tetrazole rings is 1. The van der Waals surface area contributed by atoms with Crippen LogP contribution in [0.2, 0.25) is 0 Å². The standard InChI is InChI=1S/C16H14N4O/c1-2-5-14(6-3-1)7-4-12-21-16-10-8-15(9-11-16)20-13-17-18-19-20/h1-11,13H,12H2. The van der Waals surface area contributed by atoms with Crippen LogP contribution in [-0.2, 0) is 0 Å². The zero-order chi connectivity index (χ0) is 14.3. The van der Waals surface area contributed by atoms with E-state index in [2.05, 4.69) is 27.7 Å². The molecule has 0 aliphatic heterocycles. The van der Waals surface area contributed by atoms with Crippen LogP contribution < -0.4 is 4.74 Å². The summed E-state index contributed by atoms with van der Waals surface area (Å²) in [6, 6.07) is 17.7. The average Bonchev–Trinajstić information content (AvgIpc) is 3.08. The van der Waals surface area contributed by atoms with Crippen LogP contribution in [0.25, 0.3) is 11.8 Å². The van der Waals surface area contributed by atoms with Crippen LogP contribution in [-0.4, -0.2) is 26.8 Å². The SMILES string of the molecule is C(=Cc1ccccc1)COc1ccc(-n2cnnn2)cc1. The van der Waals surface area contributed by atoms with E-state index in [9.17, 15) is 0 Å². The minimum Gasteiger partial charge on any atom is -0.490 e. The molecule has 0 spiro atoms. The predicted octanol–water partition coefficient (Wildman–Crippen LogP) is 2.75. The van der Waals surface area contributed by atoms with E-state index in [1.54, 1.807) is 11.0 Å². The molecule has 21 heavy (non-hydrogen) atoms. The molecule has 0 bridgehead atoms. The van der Waals surface area contributed by atoms with Gasteiger partial charge in [-0.05, 0) is 46.3 Å². The molecule has 0 unspecified atom stereocenters. The first-order valence-corrected chi connectivity index (χ1v) is 6.60. The van der Waals surface area contributed by atoms with E-state index in [1.807, 2.05) is 54.6 Å². The summed E-state index contributed by atoms with van der Waals surface area (Å²) in [7, 11) is 0. The number of ether oxygens (including phenoxy) is 1. The number of hydrogen-bond acceptors (Lipinski definition) is 4. The van der Waals surface area contributed by atoms with Crippen molar-refractivity contribution >= 4 is 6.08 Å². The first-order chi connectivity index (χ1) is 10.4. The Bertz CT molecular complexity index is 691. The normalized spacial score (nSPS) is 10.9. The van der Waals surface area contributed by atoms with Gasteiger partial charge in [-0.1, -0.05) is 36.4 Å². The third-order valence-corrected chi connectivity index (χ3v) is 2.91. The van der Waals surface area contributed by atoms with Crippen molar-refractivity contribution in [2.45, 2.75) is 0 Å². The van der Waals surface area contributed by atoms with Gasteiger partial charge in [0.15, 0.2) is 0 Å². The highest BCUT2D eigenvalue weighted by molar-refractivity contribution is 5.48. The summed E-state index contributed by atoms with van der Waals surface area (Å²) in [5, 5.41) is 11.0. The third kappa shape index (κ3) is 3.54. The van der Waals surface area contributed by atoms with Gasteiger partial charge < -0.3 is 4.74 Å². The molecule has 0 aliphatic carbocycles. The molecule has 0 fully saturated rings. The Kier molecular flexibility index (Phi) is 4.02. The van der Waals surface area contributed by atoms with Gasteiger partial charge in [0.05, 0.1) is 5.69 Å². The van der Waals surface area contributed by atoms with Gasteiger partial charge in [0.1, 0.15) is 18.7 Å². The van der Waals surface area contributed by atoms with Gasteiger partial charge >= 0.3 is 0 Å². The highest BCUT2D eigenvalue weighted by Crippen LogP contribution is 2.14. The molecule has 2 aromatic carbocycles. The van der Waals surface area contributed by atoms with Gasteiger partial charge in [0, 0.05) is 0 Å². The third-order valence-electron chi connectivity index (χ3n) is 2.91. The molecule has 5 heteroatoms. The first-order valence-electron chi connectivity index (χ1n) is 6.60. The van der Waals surface area contributed by atoms with Crippen molar-refractivity contribution in [1.29, 1.82) is 0 Å². The summed E-state index contributed by atoms with van der Waals surface area (Å²) < 4.78 is 7.25. The zero-order valence-corrected chi connectivity index (χ0v) is 11.3. The molecule has 5 nitrogen and oxygen atoms in total. The predicted molar refractivity (Wildman–Crippen MR) is 80.1 cm³/mol. The molecule has 0 N–H and O–H groups in total. The fraction of sp³-hybridized carbons (Fsp3) is 0.0625. The van der Waals surface area contributed by atoms with Crippen molar-refractivity contribution in [2.75, 3.05) is 6.61 Å². The lowest BCUT2D eigenvalue weighted by molar-refractivity contribution is 0.363. The Hall–Kier alpha value is -2.95. The Morgan fingerprint density at radius 1 is 1.00 bits per heavy atom. The Balaban J connectivity index is 1.55. The fourth-order valence-corrected chi connectivity index (χ4v) is 1.87. The van der Waals surface area contributed by atoms with Gasteiger partial charge in [0.25, 0.3) is 0 Å². The van der Waals surface area contributed by atoms with Crippen LogP contribution in [0.3, 0.4) is 0 Å². The molecule has 3 rings (SSSR count). The number of aromatic nitrogens is 4. The second-order valence-corrected chi connectivity index (χ2v) is 4.37. The summed E-state index contributed by atoms with van der Waals surface area (Å²) in [6.07, 6.45) is 5.58. The topological polar surface area (TPSA) is 52.8 Å². The number of nitrogens with zero attached hydrogens (tertiary/aromatic N) is 4. The number of rotatable bonds is 5. The van der Waals surface area contributed by atoms with E-state index in [0.29, 0.717) is 6.61 Å². The van der Waals surface area contributed by atoms with Crippen LogP contribution in [0.5, 0.6) is 5.75 Å². The van der Waals surface area contributed by atoms with Crippen LogP contribution in [0.15, 0.2) is 67.0 Å². The fourth-order valence-electron chi connectivity index (χ4n) is 1.87. The quantitative estimate of drug-likeness (QED) is 0.720. The molecule has 1 heterocycles. The Morgan fingerprint density at radius 2 is 1.81 bits per heavy atom. The van der Waals surface area contributed by atoms with E-state index in [-0.39, 0.29) is 0 Å². The molecule has 1 aromatic heterocycles. The van der Waals surface area contributed by atoms with Crippen molar-refractivity contribution in [2.24, 2.45) is 0 Å². The summed E-state index contributed by atoms with van der Waals surface area (Å²) in [6.45, 7) is 0.527. The molecule has 0 atom stereocenters. The molecule has 0 aliphatic rings. The van der Waals surface area contributed by atoms with Crippen molar-refractivity contribution in [3.8, 4) is 11.4 Å². The van der Waals surface area contributed by atoms with Gasteiger partial charge in [0.2, 0.25) is 0 Å². The van der Waals surface area contributed by atoms with Crippen molar-refractivity contribution in [3.63, 3.8) is 0 Å². The summed E-state index contributed by atoms with van der Waals surface area (Å²) >= 11 is 0. The molecule has 104 valence electrons. The van der Waals surface area contributed by atoms with E-state index in [4.69, 9.17) is 4.74 Å². The second-order valence-electron chi connectivity index (χ2n) is 4.37. The smallest absolute Gasteiger partial charge is 0.143 e. The minimum absolute atomic E-state index is 0.527. The van der Waals surface area contributed by atoms with Gasteiger partial charge in [-0.25, -0.2) is 4.68 Å². The Labute approximate surface area is 122 Å². The van der Waals surface area contributed by atoms with Crippen molar-refractivity contribution in [1.82, 2.24) is 20.2 Å². The second kappa shape index (κ2) is 6.47. The molecule has 0 amide bonds. The molecular weight excluding hydrogens is 264 g/mol. The zero-order valence-electron chi connectivity index (χ0n) is 11.3. The molecule has 0 saturated carbocycles. The minimum atomic E-state index is 0.527.